The molecular formula is C21H36O4. The Labute approximate surface area is 154 Å². The number of rotatable bonds is 13. The molecule has 0 bridgehead atoms. The zero-order chi connectivity index (χ0) is 18.9. The first-order valence-corrected chi connectivity index (χ1v) is 9.75. The van der Waals surface area contributed by atoms with E-state index in [-0.39, 0.29) is 24.1 Å². The van der Waals surface area contributed by atoms with E-state index in [1.165, 1.54) is 13.8 Å². The van der Waals surface area contributed by atoms with Crippen LogP contribution in [-0.4, -0.2) is 24.1 Å². The first kappa shape index (κ1) is 23.5. The van der Waals surface area contributed by atoms with Gasteiger partial charge in [-0.3, -0.25) is 9.59 Å². The number of carbonyl (C=O) groups is 2. The summed E-state index contributed by atoms with van der Waals surface area (Å²) in [5.41, 5.74) is 0. The van der Waals surface area contributed by atoms with Gasteiger partial charge in [-0.25, -0.2) is 0 Å². The zero-order valence-electron chi connectivity index (χ0n) is 16.6. The molecular weight excluding hydrogens is 316 g/mol. The molecule has 0 aliphatic carbocycles. The van der Waals surface area contributed by atoms with E-state index in [0.717, 1.165) is 70.6 Å². The van der Waals surface area contributed by atoms with E-state index in [2.05, 4.69) is 18.8 Å². The topological polar surface area (TPSA) is 52.6 Å². The van der Waals surface area contributed by atoms with Crippen molar-refractivity contribution in [1.82, 2.24) is 0 Å². The lowest BCUT2D eigenvalue weighted by Gasteiger charge is -2.15. The van der Waals surface area contributed by atoms with Gasteiger partial charge in [0.25, 0.3) is 0 Å². The van der Waals surface area contributed by atoms with Gasteiger partial charge in [0.05, 0.1) is 6.10 Å². The predicted molar refractivity (Wildman–Crippen MR) is 101 cm³/mol. The van der Waals surface area contributed by atoms with E-state index in [0.29, 0.717) is 0 Å². The van der Waals surface area contributed by atoms with E-state index < -0.39 is 0 Å². The Morgan fingerprint density at radius 2 is 1.36 bits per heavy atom. The van der Waals surface area contributed by atoms with Gasteiger partial charge in [0, 0.05) is 26.7 Å². The lowest BCUT2D eigenvalue weighted by molar-refractivity contribution is -0.147. The Balaban J connectivity index is 3.56. The molecule has 0 aromatic heterocycles. The fraction of sp³-hybridized carbons (Fsp3) is 0.810. The minimum atomic E-state index is -0.202. The van der Waals surface area contributed by atoms with Crippen LogP contribution in [0.4, 0.5) is 0 Å². The quantitative estimate of drug-likeness (QED) is 0.260. The van der Waals surface area contributed by atoms with Crippen LogP contribution in [0.5, 0.6) is 0 Å². The molecule has 4 heteroatoms. The molecule has 144 valence electrons. The van der Waals surface area contributed by atoms with E-state index in [9.17, 15) is 9.59 Å². The van der Waals surface area contributed by atoms with Crippen LogP contribution in [-0.2, 0) is 19.1 Å². The molecule has 0 N–H and O–H groups in total. The maximum Gasteiger partial charge on any atom is 0.302 e. The van der Waals surface area contributed by atoms with Crippen molar-refractivity contribution < 1.29 is 19.1 Å². The van der Waals surface area contributed by atoms with Crippen LogP contribution in [0.25, 0.3) is 0 Å². The highest BCUT2D eigenvalue weighted by Crippen LogP contribution is 2.12. The van der Waals surface area contributed by atoms with Gasteiger partial charge in [-0.15, -0.1) is 11.8 Å². The van der Waals surface area contributed by atoms with E-state index in [1.54, 1.807) is 0 Å². The predicted octanol–water partition coefficient (Wildman–Crippen LogP) is 5.18. The van der Waals surface area contributed by atoms with Crippen molar-refractivity contribution in [3.63, 3.8) is 0 Å². The summed E-state index contributed by atoms with van der Waals surface area (Å²) in [4.78, 5) is 21.8. The second-order valence-electron chi connectivity index (χ2n) is 6.64. The molecule has 0 aliphatic rings. The number of carbonyl (C=O) groups excluding carboxylic acids is 2. The number of ether oxygens (including phenoxy) is 2. The number of unbranched alkanes of at least 4 members (excludes halogenated alkanes) is 5. The average Bonchev–Trinajstić information content (AvgIpc) is 2.51. The van der Waals surface area contributed by atoms with Gasteiger partial charge >= 0.3 is 11.9 Å². The molecule has 0 rings (SSSR count). The Morgan fingerprint density at radius 1 is 0.800 bits per heavy atom. The van der Waals surface area contributed by atoms with Crippen molar-refractivity contribution in [2.75, 3.05) is 0 Å². The van der Waals surface area contributed by atoms with Crippen LogP contribution in [0.1, 0.15) is 98.3 Å². The van der Waals surface area contributed by atoms with Gasteiger partial charge in [0.15, 0.2) is 0 Å². The van der Waals surface area contributed by atoms with Gasteiger partial charge < -0.3 is 9.47 Å². The summed E-state index contributed by atoms with van der Waals surface area (Å²) in [7, 11) is 0. The third-order valence-electron chi connectivity index (χ3n) is 3.93. The molecule has 0 aromatic rings. The van der Waals surface area contributed by atoms with Gasteiger partial charge in [-0.05, 0) is 51.9 Å². The third kappa shape index (κ3) is 17.1. The number of hydrogen-bond donors (Lipinski definition) is 0. The van der Waals surface area contributed by atoms with Crippen molar-refractivity contribution in [3.05, 3.63) is 0 Å². The Morgan fingerprint density at radius 3 is 1.92 bits per heavy atom. The van der Waals surface area contributed by atoms with Crippen LogP contribution < -0.4 is 0 Å². The van der Waals surface area contributed by atoms with Crippen molar-refractivity contribution in [1.29, 1.82) is 0 Å². The van der Waals surface area contributed by atoms with Crippen LogP contribution in [0, 0.1) is 11.8 Å². The fourth-order valence-electron chi connectivity index (χ4n) is 2.75. The minimum absolute atomic E-state index is 0.0205. The monoisotopic (exact) mass is 352 g/mol. The van der Waals surface area contributed by atoms with Gasteiger partial charge in [-0.1, -0.05) is 19.8 Å². The molecule has 2 atom stereocenters. The summed E-state index contributed by atoms with van der Waals surface area (Å²) in [6.07, 6.45) is 11.2. The Hall–Kier alpha value is -1.50. The summed E-state index contributed by atoms with van der Waals surface area (Å²) in [6.45, 7) is 6.98. The van der Waals surface area contributed by atoms with Crippen LogP contribution in [0.3, 0.4) is 0 Å². The average molecular weight is 353 g/mol. The molecule has 0 amide bonds. The van der Waals surface area contributed by atoms with Crippen molar-refractivity contribution >= 4 is 11.9 Å². The first-order chi connectivity index (χ1) is 12.0. The highest BCUT2D eigenvalue weighted by molar-refractivity contribution is 5.66. The largest absolute Gasteiger partial charge is 0.463 e. The fourth-order valence-corrected chi connectivity index (χ4v) is 2.75. The molecule has 0 fully saturated rings. The van der Waals surface area contributed by atoms with Crippen LogP contribution >= 0.6 is 0 Å². The molecule has 0 saturated carbocycles. The molecule has 0 unspecified atom stereocenters. The van der Waals surface area contributed by atoms with Crippen molar-refractivity contribution in [2.24, 2.45) is 0 Å². The molecule has 0 radical (unpaired) electrons. The van der Waals surface area contributed by atoms with Crippen LogP contribution in [0.15, 0.2) is 0 Å². The zero-order valence-corrected chi connectivity index (χ0v) is 16.6. The maximum atomic E-state index is 11.0. The standard InChI is InChI=1S/C21H36O4/c1-5-15-21(25-20(4)23)17-14-12-10-8-6-7-9-11-13-16-18(2)24-19(3)22/h18,21H,5,7,9-17H2,1-4H3/t18-,21+/m0/s1. The van der Waals surface area contributed by atoms with Gasteiger partial charge in [0.1, 0.15) is 6.10 Å². The van der Waals surface area contributed by atoms with Gasteiger partial charge in [-0.2, -0.15) is 0 Å². The van der Waals surface area contributed by atoms with E-state index in [1.807, 2.05) is 6.92 Å². The summed E-state index contributed by atoms with van der Waals surface area (Å²) in [5, 5.41) is 0. The lowest BCUT2D eigenvalue weighted by Crippen LogP contribution is -2.15. The SMILES string of the molecule is CCC[C@H](CCCCC#CCCCCC[C@H](C)OC(C)=O)OC(C)=O. The van der Waals surface area contributed by atoms with E-state index >= 15 is 0 Å². The molecule has 0 heterocycles. The second-order valence-corrected chi connectivity index (χ2v) is 6.64. The summed E-state index contributed by atoms with van der Waals surface area (Å²) >= 11 is 0. The summed E-state index contributed by atoms with van der Waals surface area (Å²) in [5.74, 6) is 6.08. The highest BCUT2D eigenvalue weighted by atomic mass is 16.5. The summed E-state index contributed by atoms with van der Waals surface area (Å²) < 4.78 is 10.4. The highest BCUT2D eigenvalue weighted by Gasteiger charge is 2.10. The minimum Gasteiger partial charge on any atom is -0.463 e. The molecule has 25 heavy (non-hydrogen) atoms. The Kier molecular flexibility index (Phi) is 15.0. The molecule has 0 saturated heterocycles. The molecule has 0 spiro atoms. The maximum absolute atomic E-state index is 11.0. The molecule has 0 aliphatic heterocycles. The normalized spacial score (nSPS) is 12.6. The second kappa shape index (κ2) is 16.0. The van der Waals surface area contributed by atoms with Crippen LogP contribution in [0.2, 0.25) is 0 Å². The van der Waals surface area contributed by atoms with Crippen molar-refractivity contribution in [2.45, 2.75) is 111 Å². The number of hydrogen-bond acceptors (Lipinski definition) is 4. The molecule has 0 aromatic carbocycles. The molecule has 4 nitrogen and oxygen atoms in total. The first-order valence-electron chi connectivity index (χ1n) is 9.75. The smallest absolute Gasteiger partial charge is 0.302 e. The number of esters is 2. The third-order valence-corrected chi connectivity index (χ3v) is 3.93. The Bertz CT molecular complexity index is 419. The van der Waals surface area contributed by atoms with Crippen molar-refractivity contribution in [3.8, 4) is 11.8 Å². The van der Waals surface area contributed by atoms with E-state index in [4.69, 9.17) is 9.47 Å². The van der Waals surface area contributed by atoms with Gasteiger partial charge in [0.2, 0.25) is 0 Å². The summed E-state index contributed by atoms with van der Waals surface area (Å²) in [6, 6.07) is 0. The lowest BCUT2D eigenvalue weighted by atomic mass is 10.1.